The number of carbonyl (C=O) groups is 6. The number of benzene rings is 2. The van der Waals surface area contributed by atoms with Crippen molar-refractivity contribution in [2.75, 3.05) is 25.5 Å². The van der Waals surface area contributed by atoms with Crippen molar-refractivity contribution in [3.05, 3.63) is 70.3 Å². The average molecular weight is 712 g/mol. The fourth-order valence-electron chi connectivity index (χ4n) is 4.61. The Morgan fingerprint density at radius 1 is 0.882 bits per heavy atom. The number of amides is 5. The molecule has 0 bridgehead atoms. The Labute approximate surface area is 294 Å². The highest BCUT2D eigenvalue weighted by Crippen LogP contribution is 2.16. The topological polar surface area (TPSA) is 279 Å². The molecule has 0 saturated carbocycles. The van der Waals surface area contributed by atoms with E-state index in [1.165, 1.54) is 31.4 Å². The Bertz CT molecular complexity index is 1550. The lowest BCUT2D eigenvalue weighted by atomic mass is 9.97. The zero-order valence-electron chi connectivity index (χ0n) is 28.7. The highest BCUT2D eigenvalue weighted by molar-refractivity contribution is 5.99. The van der Waals surface area contributed by atoms with E-state index in [1.807, 2.05) is 6.92 Å². The van der Waals surface area contributed by atoms with Crippen LogP contribution < -0.4 is 38.1 Å². The van der Waals surface area contributed by atoms with E-state index in [0.29, 0.717) is 12.0 Å². The first-order valence-corrected chi connectivity index (χ1v) is 16.2. The number of rotatable bonds is 20. The highest BCUT2D eigenvalue weighted by Gasteiger charge is 2.31. The van der Waals surface area contributed by atoms with Gasteiger partial charge in [-0.2, -0.15) is 0 Å². The number of hydrogen-bond donors (Lipinski definition) is 7. The molecule has 2 rings (SSSR count). The largest absolute Gasteiger partial charge is 0.469 e. The summed E-state index contributed by atoms with van der Waals surface area (Å²) < 4.78 is 4.67. The van der Waals surface area contributed by atoms with Gasteiger partial charge in [-0.25, -0.2) is 0 Å². The molecule has 0 heterocycles. The number of carbonyl (C=O) groups excluding carboxylic acids is 6. The minimum atomic E-state index is -1.30. The van der Waals surface area contributed by atoms with E-state index in [0.717, 1.165) is 0 Å². The van der Waals surface area contributed by atoms with Crippen LogP contribution in [0.5, 0.6) is 0 Å². The van der Waals surface area contributed by atoms with Gasteiger partial charge in [0.15, 0.2) is 5.96 Å². The van der Waals surface area contributed by atoms with E-state index in [2.05, 4.69) is 36.3 Å². The second-order valence-electron chi connectivity index (χ2n) is 11.5. The zero-order valence-corrected chi connectivity index (χ0v) is 28.7. The van der Waals surface area contributed by atoms with E-state index >= 15 is 0 Å². The standard InChI is InChI=1S/C33H45N9O9/c1-4-20(2)28(41-29(45)21-9-6-5-7-10-21)32(48)40-25(16-17-27(44)51-3)30(46)37-19-26(43)39-24(11-8-18-36-33(34)35)31(47)38-22-12-14-23(15-13-22)42(49)50/h5-7,9-10,12-15,20,24-25,28H,4,8,11,16-19H2,1-3H3,(H,37,46)(H,38,47)(H,39,43)(H,40,48)(H,41,45)(H4,34,35,36)/t20-,24-,25-,28-/m0/s1. The molecule has 276 valence electrons. The Morgan fingerprint density at radius 2 is 1.53 bits per heavy atom. The third-order valence-corrected chi connectivity index (χ3v) is 7.68. The Morgan fingerprint density at radius 3 is 2.12 bits per heavy atom. The van der Waals surface area contributed by atoms with Crippen molar-refractivity contribution in [2.45, 2.75) is 64.1 Å². The van der Waals surface area contributed by atoms with Crippen molar-refractivity contribution >= 4 is 52.8 Å². The van der Waals surface area contributed by atoms with Gasteiger partial charge < -0.3 is 42.8 Å². The Kier molecular flexibility index (Phi) is 17.0. The molecule has 0 saturated heterocycles. The minimum Gasteiger partial charge on any atom is -0.469 e. The van der Waals surface area contributed by atoms with Crippen LogP contribution in [-0.2, 0) is 28.7 Å². The average Bonchev–Trinajstić information content (AvgIpc) is 3.12. The summed E-state index contributed by atoms with van der Waals surface area (Å²) in [6.45, 7) is 3.13. The van der Waals surface area contributed by atoms with E-state index in [-0.39, 0.29) is 55.5 Å². The number of nitro groups is 1. The third-order valence-electron chi connectivity index (χ3n) is 7.68. The molecule has 0 unspecified atom stereocenters. The molecule has 4 atom stereocenters. The maximum absolute atomic E-state index is 13.5. The third kappa shape index (κ3) is 14.5. The molecule has 51 heavy (non-hydrogen) atoms. The summed E-state index contributed by atoms with van der Waals surface area (Å²) in [7, 11) is 1.17. The van der Waals surface area contributed by atoms with Gasteiger partial charge in [-0.05, 0) is 49.4 Å². The second-order valence-corrected chi connectivity index (χ2v) is 11.5. The molecule has 9 N–H and O–H groups in total. The van der Waals surface area contributed by atoms with Gasteiger partial charge in [0.25, 0.3) is 11.6 Å². The molecule has 0 fully saturated rings. The number of anilines is 1. The molecule has 2 aromatic carbocycles. The van der Waals surface area contributed by atoms with Crippen LogP contribution in [0.2, 0.25) is 0 Å². The van der Waals surface area contributed by atoms with Gasteiger partial charge in [0.05, 0.1) is 18.6 Å². The summed E-state index contributed by atoms with van der Waals surface area (Å²) in [4.78, 5) is 91.8. The lowest BCUT2D eigenvalue weighted by Gasteiger charge is -2.26. The fourth-order valence-corrected chi connectivity index (χ4v) is 4.61. The van der Waals surface area contributed by atoms with Crippen LogP contribution in [0.3, 0.4) is 0 Å². The Balaban J connectivity index is 2.14. The van der Waals surface area contributed by atoms with E-state index in [9.17, 15) is 38.9 Å². The molecule has 18 nitrogen and oxygen atoms in total. The molecule has 18 heteroatoms. The summed E-state index contributed by atoms with van der Waals surface area (Å²) in [5, 5.41) is 23.8. The number of esters is 1. The van der Waals surface area contributed by atoms with Crippen molar-refractivity contribution in [2.24, 2.45) is 22.4 Å². The molecular formula is C33H45N9O9. The van der Waals surface area contributed by atoms with Gasteiger partial charge in [-0.15, -0.1) is 0 Å². The van der Waals surface area contributed by atoms with Gasteiger partial charge in [-0.3, -0.25) is 43.9 Å². The van der Waals surface area contributed by atoms with Gasteiger partial charge >= 0.3 is 5.97 Å². The lowest BCUT2D eigenvalue weighted by molar-refractivity contribution is -0.384. The molecule has 0 aromatic heterocycles. The number of hydrogen-bond acceptors (Lipinski definition) is 10. The van der Waals surface area contributed by atoms with Crippen LogP contribution >= 0.6 is 0 Å². The summed E-state index contributed by atoms with van der Waals surface area (Å²) >= 11 is 0. The second kappa shape index (κ2) is 21.1. The quantitative estimate of drug-likeness (QED) is 0.0248. The van der Waals surface area contributed by atoms with Crippen molar-refractivity contribution in [1.82, 2.24) is 21.3 Å². The minimum absolute atomic E-state index is 0.0821. The lowest BCUT2D eigenvalue weighted by Crippen LogP contribution is -2.56. The highest BCUT2D eigenvalue weighted by atomic mass is 16.6. The first kappa shape index (κ1) is 41.1. The van der Waals surface area contributed by atoms with Crippen LogP contribution in [-0.4, -0.2) is 84.7 Å². The molecule has 0 radical (unpaired) electrons. The monoisotopic (exact) mass is 711 g/mol. The van der Waals surface area contributed by atoms with E-state index in [1.54, 1.807) is 37.3 Å². The van der Waals surface area contributed by atoms with E-state index in [4.69, 9.17) is 11.5 Å². The van der Waals surface area contributed by atoms with Gasteiger partial charge in [0.1, 0.15) is 18.1 Å². The van der Waals surface area contributed by atoms with Gasteiger partial charge in [0.2, 0.25) is 23.6 Å². The normalized spacial score (nSPS) is 12.8. The molecule has 0 aliphatic rings. The van der Waals surface area contributed by atoms with Crippen LogP contribution in [0.25, 0.3) is 0 Å². The summed E-state index contributed by atoms with van der Waals surface area (Å²) in [6.07, 6.45) is 0.446. The van der Waals surface area contributed by atoms with Crippen molar-refractivity contribution in [3.63, 3.8) is 0 Å². The zero-order chi connectivity index (χ0) is 37.9. The predicted octanol–water partition coefficient (Wildman–Crippen LogP) is 0.471. The maximum atomic E-state index is 13.5. The fraction of sp³-hybridized carbons (Fsp3) is 0.424. The van der Waals surface area contributed by atoms with Crippen LogP contribution in [0.15, 0.2) is 59.6 Å². The molecule has 0 aliphatic carbocycles. The van der Waals surface area contributed by atoms with Crippen molar-refractivity contribution in [1.29, 1.82) is 0 Å². The van der Waals surface area contributed by atoms with Gasteiger partial charge in [-0.1, -0.05) is 38.5 Å². The number of nitro benzene ring substituents is 1. The first-order chi connectivity index (χ1) is 24.2. The number of non-ortho nitro benzene ring substituents is 1. The molecule has 0 aliphatic heterocycles. The number of methoxy groups -OCH3 is 1. The van der Waals surface area contributed by atoms with Gasteiger partial charge in [0, 0.05) is 36.3 Å². The Hall–Kier alpha value is -6.07. The van der Waals surface area contributed by atoms with E-state index < -0.39 is 65.1 Å². The molecule has 0 spiro atoms. The number of guanidine groups is 1. The number of aliphatic imine (C=N–C) groups is 1. The van der Waals surface area contributed by atoms with Crippen LogP contribution in [0.1, 0.15) is 56.3 Å². The molecule has 5 amide bonds. The summed E-state index contributed by atoms with van der Waals surface area (Å²) in [6, 6.07) is 9.88. The summed E-state index contributed by atoms with van der Waals surface area (Å²) in [5.74, 6) is -4.52. The first-order valence-electron chi connectivity index (χ1n) is 16.2. The maximum Gasteiger partial charge on any atom is 0.305 e. The van der Waals surface area contributed by atoms with Crippen LogP contribution in [0, 0.1) is 16.0 Å². The van der Waals surface area contributed by atoms with Crippen molar-refractivity contribution in [3.8, 4) is 0 Å². The smallest absolute Gasteiger partial charge is 0.305 e. The number of nitrogens with two attached hydrogens (primary N) is 2. The number of nitrogens with zero attached hydrogens (tertiary/aromatic N) is 2. The molecular weight excluding hydrogens is 666 g/mol. The molecule has 2 aromatic rings. The van der Waals surface area contributed by atoms with Crippen molar-refractivity contribution < 1.29 is 38.4 Å². The summed E-state index contributed by atoms with van der Waals surface area (Å²) in [5.41, 5.74) is 11.1. The predicted molar refractivity (Wildman–Crippen MR) is 187 cm³/mol. The number of ether oxygens (including phenoxy) is 1. The van der Waals surface area contributed by atoms with Crippen LogP contribution in [0.4, 0.5) is 11.4 Å². The SMILES string of the molecule is CC[C@H](C)[C@H](NC(=O)c1ccccc1)C(=O)N[C@@H](CCC(=O)OC)C(=O)NCC(=O)N[C@@H](CCCN=C(N)N)C(=O)Nc1ccc([N+](=O)[O-])cc1. The number of nitrogens with one attached hydrogen (secondary N) is 5.